The number of nitrogens with zero attached hydrogens (tertiary/aromatic N) is 1. The largest absolute Gasteiger partial charge is 0.399 e. The fourth-order valence-electron chi connectivity index (χ4n) is 9.31. The van der Waals surface area contributed by atoms with E-state index in [1.165, 1.54) is 55.8 Å². The highest BCUT2D eigenvalue weighted by Crippen LogP contribution is 2.71. The lowest BCUT2D eigenvalue weighted by molar-refractivity contribution is 0.0142. The Morgan fingerprint density at radius 1 is 1.02 bits per heavy atom. The monoisotopic (exact) mass is 558 g/mol. The van der Waals surface area contributed by atoms with Crippen LogP contribution in [0.15, 0.2) is 90.2 Å². The van der Waals surface area contributed by atoms with Crippen molar-refractivity contribution in [2.75, 3.05) is 19.0 Å². The number of nitrogens with two attached hydrogens (primary N) is 1. The minimum absolute atomic E-state index is 0.0243. The summed E-state index contributed by atoms with van der Waals surface area (Å²) in [6.45, 7) is 36.7. The molecule has 2 aromatic rings. The topological polar surface area (TPSA) is 29.3 Å². The summed E-state index contributed by atoms with van der Waals surface area (Å²) in [6, 6.07) is 11.2. The molecule has 5 rings (SSSR count). The molecule has 0 aromatic heterocycles. The second-order valence-electron chi connectivity index (χ2n) is 14.4. The lowest BCUT2D eigenvalue weighted by Crippen LogP contribution is -2.56. The van der Waals surface area contributed by atoms with Gasteiger partial charge in [0.2, 0.25) is 0 Å². The van der Waals surface area contributed by atoms with Crippen LogP contribution in [-0.4, -0.2) is 14.1 Å². The van der Waals surface area contributed by atoms with E-state index in [1.54, 1.807) is 0 Å². The van der Waals surface area contributed by atoms with E-state index in [0.717, 1.165) is 35.1 Å². The highest BCUT2D eigenvalue weighted by molar-refractivity contribution is 5.93. The Kier molecular flexibility index (Phi) is 6.77. The van der Waals surface area contributed by atoms with Gasteiger partial charge in [0.15, 0.2) is 0 Å². The van der Waals surface area contributed by atoms with Crippen LogP contribution >= 0.6 is 0 Å². The molecule has 0 heterocycles. The van der Waals surface area contributed by atoms with Gasteiger partial charge >= 0.3 is 0 Å². The van der Waals surface area contributed by atoms with Gasteiger partial charge in [-0.25, -0.2) is 0 Å². The molecule has 2 nitrogen and oxygen atoms in total. The van der Waals surface area contributed by atoms with Crippen molar-refractivity contribution in [2.24, 2.45) is 27.9 Å². The van der Waals surface area contributed by atoms with E-state index in [1.807, 2.05) is 0 Å². The molecule has 1 unspecified atom stereocenters. The molecule has 3 aliphatic rings. The Morgan fingerprint density at radius 3 is 2.24 bits per heavy atom. The molecule has 2 N–H and O–H groups in total. The average molecular weight is 559 g/mol. The summed E-state index contributed by atoms with van der Waals surface area (Å²) in [5.74, 6) is 0.337. The number of hydrogen-bond donors (Lipinski definition) is 1. The third-order valence-corrected chi connectivity index (χ3v) is 11.8. The smallest absolute Gasteiger partial charge is 0.0406 e. The van der Waals surface area contributed by atoms with Gasteiger partial charge < -0.3 is 10.6 Å². The average Bonchev–Trinajstić information content (AvgIpc) is 2.89. The van der Waals surface area contributed by atoms with Crippen LogP contribution < -0.4 is 10.6 Å². The molecule has 0 fully saturated rings. The number of fused-ring (bicyclic) bond motifs is 3. The van der Waals surface area contributed by atoms with E-state index in [4.69, 9.17) is 18.9 Å². The molecule has 4 atom stereocenters. The molecule has 0 amide bonds. The van der Waals surface area contributed by atoms with Crippen LogP contribution in [0.2, 0.25) is 0 Å². The van der Waals surface area contributed by atoms with Crippen molar-refractivity contribution in [1.29, 1.82) is 0 Å². The summed E-state index contributed by atoms with van der Waals surface area (Å²) >= 11 is 0. The first kappa shape index (κ1) is 30.0. The van der Waals surface area contributed by atoms with Gasteiger partial charge in [-0.2, -0.15) is 0 Å². The van der Waals surface area contributed by atoms with Gasteiger partial charge in [0.05, 0.1) is 0 Å². The van der Waals surface area contributed by atoms with E-state index >= 15 is 0 Å². The molecule has 220 valence electrons. The van der Waals surface area contributed by atoms with E-state index < -0.39 is 0 Å². The van der Waals surface area contributed by atoms with Gasteiger partial charge in [-0.15, -0.1) is 0 Å². The normalized spacial score (nSPS) is 28.8. The van der Waals surface area contributed by atoms with E-state index in [0.29, 0.717) is 11.6 Å². The van der Waals surface area contributed by atoms with E-state index in [9.17, 15) is 0 Å². The van der Waals surface area contributed by atoms with Crippen molar-refractivity contribution in [3.63, 3.8) is 0 Å². The first-order valence-corrected chi connectivity index (χ1v) is 15.3. The number of allylic oxidation sites excluding steroid dienone is 6. The van der Waals surface area contributed by atoms with E-state index in [-0.39, 0.29) is 16.2 Å². The van der Waals surface area contributed by atoms with Crippen molar-refractivity contribution in [1.82, 2.24) is 0 Å². The quantitative estimate of drug-likeness (QED) is 0.404. The van der Waals surface area contributed by atoms with Gasteiger partial charge in [-0.1, -0.05) is 88.9 Å². The van der Waals surface area contributed by atoms with Gasteiger partial charge in [-0.05, 0) is 125 Å². The third-order valence-electron chi connectivity index (χ3n) is 11.8. The predicted molar refractivity (Wildman–Crippen MR) is 184 cm³/mol. The van der Waals surface area contributed by atoms with Crippen LogP contribution in [0, 0.1) is 29.1 Å². The van der Waals surface area contributed by atoms with Crippen LogP contribution in [0.5, 0.6) is 0 Å². The third kappa shape index (κ3) is 3.76. The Morgan fingerprint density at radius 2 is 1.67 bits per heavy atom. The van der Waals surface area contributed by atoms with E-state index in [2.05, 4.69) is 118 Å². The molecule has 3 aliphatic carbocycles. The first-order chi connectivity index (χ1) is 19.4. The van der Waals surface area contributed by atoms with Gasteiger partial charge in [-0.3, -0.25) is 0 Å². The molecule has 0 saturated carbocycles. The zero-order chi connectivity index (χ0) is 31.3. The van der Waals surface area contributed by atoms with Gasteiger partial charge in [0.1, 0.15) is 0 Å². The molecular formula is C40H50N2. The number of benzene rings is 2. The summed E-state index contributed by atoms with van der Waals surface area (Å²) < 4.78 is 0. The van der Waals surface area contributed by atoms with Gasteiger partial charge in [0.25, 0.3) is 0 Å². The van der Waals surface area contributed by atoms with Crippen molar-refractivity contribution in [2.45, 2.75) is 68.2 Å². The second-order valence-corrected chi connectivity index (χ2v) is 14.4. The van der Waals surface area contributed by atoms with Crippen molar-refractivity contribution < 1.29 is 0 Å². The summed E-state index contributed by atoms with van der Waals surface area (Å²) in [7, 11) is 4.34. The maximum atomic E-state index is 6.44. The number of rotatable bonds is 4. The summed E-state index contributed by atoms with van der Waals surface area (Å²) in [5.41, 5.74) is 24.2. The number of anilines is 1. The molecule has 0 saturated heterocycles. The number of hydrogen-bond acceptors (Lipinski definition) is 2. The molecule has 0 radical (unpaired) electrons. The lowest BCUT2D eigenvalue weighted by atomic mass is 9.39. The molecule has 0 bridgehead atoms. The maximum Gasteiger partial charge on any atom is 0.0406 e. The van der Waals surface area contributed by atoms with Crippen LogP contribution in [0.25, 0.3) is 22.3 Å². The fraction of sp³-hybridized carbons (Fsp3) is 0.400. The summed E-state index contributed by atoms with van der Waals surface area (Å²) in [5, 5.41) is 0. The molecule has 42 heavy (non-hydrogen) atoms. The molecular weight excluding hydrogens is 508 g/mol. The van der Waals surface area contributed by atoms with Crippen molar-refractivity contribution >= 4 is 16.8 Å². The predicted octanol–water partition coefficient (Wildman–Crippen LogP) is 10.1. The SMILES string of the molecule is C=C(N)C1=C(C)C(C)[C@]2(C)C[C@]3(C)Cc4c(N(C)C)cc(-c5cccc(C(=C)C)c5)c(C)c4C(=C)C3=C(C)[C@]2(C)C1=C. The van der Waals surface area contributed by atoms with Crippen LogP contribution in [0.1, 0.15) is 77.1 Å². The fourth-order valence-corrected chi connectivity index (χ4v) is 9.31. The second kappa shape index (κ2) is 9.49. The minimum Gasteiger partial charge on any atom is -0.399 e. The zero-order valence-corrected chi connectivity index (χ0v) is 27.7. The van der Waals surface area contributed by atoms with Crippen molar-refractivity contribution in [3.8, 4) is 11.1 Å². The molecule has 2 heteroatoms. The molecule has 2 aromatic carbocycles. The maximum absolute atomic E-state index is 6.44. The minimum atomic E-state index is -0.259. The van der Waals surface area contributed by atoms with Crippen molar-refractivity contribution in [3.05, 3.63) is 112 Å². The van der Waals surface area contributed by atoms with Gasteiger partial charge in [0, 0.05) is 30.9 Å². The first-order valence-electron chi connectivity index (χ1n) is 15.3. The highest BCUT2D eigenvalue weighted by Gasteiger charge is 2.62. The molecule has 0 spiro atoms. The van der Waals surface area contributed by atoms with Crippen LogP contribution in [-0.2, 0) is 6.42 Å². The Balaban J connectivity index is 1.81. The molecule has 0 aliphatic heterocycles. The highest BCUT2D eigenvalue weighted by atomic mass is 15.1. The Bertz CT molecular complexity index is 1670. The summed E-state index contributed by atoms with van der Waals surface area (Å²) in [6.07, 6.45) is 2.04. The van der Waals surface area contributed by atoms with Crippen LogP contribution in [0.4, 0.5) is 5.69 Å². The lowest BCUT2D eigenvalue weighted by Gasteiger charge is -2.64. The summed E-state index contributed by atoms with van der Waals surface area (Å²) in [4.78, 5) is 2.29. The Labute approximate surface area is 255 Å². The van der Waals surface area contributed by atoms with Crippen LogP contribution in [0.3, 0.4) is 0 Å². The zero-order valence-electron chi connectivity index (χ0n) is 27.7. The standard InChI is InChI=1S/C40H50N2/c1-22(2)30-16-15-17-31(18-30)32-19-34(42(13)14)33-20-38(10)21-39(11)26(6)23(3)36(29(9)41)27(7)40(39,12)28(8)37(38)25(5)35(33)24(32)4/h15-19,26H,1,5,7,9,20-21,41H2,2-4,6,8,10-14H3/t26?,38-,39-,40-/m0/s1. The Hall–Kier alpha value is -3.52.